The molecule has 2 atom stereocenters. The zero-order valence-corrected chi connectivity index (χ0v) is 13.3. The molecule has 1 aromatic carbocycles. The summed E-state index contributed by atoms with van der Waals surface area (Å²) >= 11 is 0. The number of carbonyl (C=O) groups is 1. The lowest BCUT2D eigenvalue weighted by molar-refractivity contribution is -0.116. The number of halogens is 1. The Morgan fingerprint density at radius 1 is 1.36 bits per heavy atom. The van der Waals surface area contributed by atoms with Crippen molar-refractivity contribution in [3.8, 4) is 0 Å². The standard InChI is InChI=1S/C15H21FN2O3S/c1-11(17-10-14-3-2-8-22(14,20)21)9-15(19)18-13-6-4-12(16)5-7-13/h4-7,11,14,17H,2-3,8-10H2,1H3,(H,18,19). The number of hydrogen-bond donors (Lipinski definition) is 2. The fourth-order valence-electron chi connectivity index (χ4n) is 2.52. The summed E-state index contributed by atoms with van der Waals surface area (Å²) in [5.74, 6) is -0.287. The number of hydrogen-bond acceptors (Lipinski definition) is 4. The van der Waals surface area contributed by atoms with Gasteiger partial charge in [-0.15, -0.1) is 0 Å². The first-order valence-electron chi connectivity index (χ1n) is 7.37. The van der Waals surface area contributed by atoms with E-state index in [0.717, 1.165) is 0 Å². The van der Waals surface area contributed by atoms with Crippen molar-refractivity contribution in [2.24, 2.45) is 0 Å². The van der Waals surface area contributed by atoms with Gasteiger partial charge in [0.2, 0.25) is 5.91 Å². The first-order chi connectivity index (χ1) is 10.4. The number of sulfone groups is 1. The molecule has 0 aromatic heterocycles. The molecule has 0 spiro atoms. The van der Waals surface area contributed by atoms with Crippen molar-refractivity contribution in [2.75, 3.05) is 17.6 Å². The summed E-state index contributed by atoms with van der Waals surface area (Å²) in [6, 6.07) is 5.42. The van der Waals surface area contributed by atoms with Crippen LogP contribution in [0.2, 0.25) is 0 Å². The van der Waals surface area contributed by atoms with Crippen LogP contribution in [-0.2, 0) is 14.6 Å². The maximum atomic E-state index is 12.8. The van der Waals surface area contributed by atoms with Crippen LogP contribution in [0.5, 0.6) is 0 Å². The normalized spacial score (nSPS) is 21.5. The highest BCUT2D eigenvalue weighted by molar-refractivity contribution is 7.92. The smallest absolute Gasteiger partial charge is 0.225 e. The molecule has 0 bridgehead atoms. The van der Waals surface area contributed by atoms with Crippen LogP contribution in [0.4, 0.5) is 10.1 Å². The summed E-state index contributed by atoms with van der Waals surface area (Å²) in [5, 5.41) is 5.45. The maximum absolute atomic E-state index is 12.8. The third kappa shape index (κ3) is 4.78. The van der Waals surface area contributed by atoms with E-state index in [1.54, 1.807) is 0 Å². The van der Waals surface area contributed by atoms with Gasteiger partial charge in [0.05, 0.1) is 11.0 Å². The van der Waals surface area contributed by atoms with E-state index in [1.165, 1.54) is 24.3 Å². The van der Waals surface area contributed by atoms with Gasteiger partial charge in [-0.1, -0.05) is 0 Å². The molecule has 2 rings (SSSR count). The van der Waals surface area contributed by atoms with Crippen molar-refractivity contribution < 1.29 is 17.6 Å². The van der Waals surface area contributed by atoms with Crippen LogP contribution in [-0.4, -0.2) is 37.9 Å². The van der Waals surface area contributed by atoms with Crippen LogP contribution in [0.1, 0.15) is 26.2 Å². The van der Waals surface area contributed by atoms with Crippen LogP contribution >= 0.6 is 0 Å². The third-order valence-corrected chi connectivity index (χ3v) is 6.05. The molecular formula is C15H21FN2O3S. The molecule has 22 heavy (non-hydrogen) atoms. The van der Waals surface area contributed by atoms with Crippen molar-refractivity contribution in [2.45, 2.75) is 37.5 Å². The number of rotatable bonds is 6. The van der Waals surface area contributed by atoms with Gasteiger partial charge in [0.15, 0.2) is 9.84 Å². The number of carbonyl (C=O) groups excluding carboxylic acids is 1. The first kappa shape index (κ1) is 16.9. The second-order valence-corrected chi connectivity index (χ2v) is 8.10. The molecule has 1 aromatic rings. The monoisotopic (exact) mass is 328 g/mol. The van der Waals surface area contributed by atoms with Gasteiger partial charge in [-0.25, -0.2) is 12.8 Å². The van der Waals surface area contributed by atoms with Crippen LogP contribution in [0.25, 0.3) is 0 Å². The third-order valence-electron chi connectivity index (χ3n) is 3.78. The molecule has 1 aliphatic heterocycles. The highest BCUT2D eigenvalue weighted by Gasteiger charge is 2.31. The van der Waals surface area contributed by atoms with Crippen molar-refractivity contribution >= 4 is 21.4 Å². The van der Waals surface area contributed by atoms with Crippen molar-refractivity contribution in [1.29, 1.82) is 0 Å². The Morgan fingerprint density at radius 3 is 2.64 bits per heavy atom. The zero-order chi connectivity index (χ0) is 16.2. The zero-order valence-electron chi connectivity index (χ0n) is 12.5. The average molecular weight is 328 g/mol. The van der Waals surface area contributed by atoms with Crippen LogP contribution < -0.4 is 10.6 Å². The van der Waals surface area contributed by atoms with Gasteiger partial charge in [-0.05, 0) is 44.0 Å². The van der Waals surface area contributed by atoms with Gasteiger partial charge >= 0.3 is 0 Å². The van der Waals surface area contributed by atoms with Gasteiger partial charge in [0.25, 0.3) is 0 Å². The minimum Gasteiger partial charge on any atom is -0.326 e. The van der Waals surface area contributed by atoms with E-state index in [-0.39, 0.29) is 35.2 Å². The SMILES string of the molecule is CC(CC(=O)Nc1ccc(F)cc1)NCC1CCCS1(=O)=O. The van der Waals surface area contributed by atoms with Crippen molar-refractivity contribution in [3.63, 3.8) is 0 Å². The van der Waals surface area contributed by atoms with Crippen molar-refractivity contribution in [1.82, 2.24) is 5.32 Å². The molecule has 122 valence electrons. The van der Waals surface area contributed by atoms with E-state index >= 15 is 0 Å². The van der Waals surface area contributed by atoms with Crippen LogP contribution in [0, 0.1) is 5.82 Å². The predicted molar refractivity (Wildman–Crippen MR) is 83.9 cm³/mol. The molecule has 1 saturated heterocycles. The van der Waals surface area contributed by atoms with Gasteiger partial charge in [-0.3, -0.25) is 4.79 Å². The fourth-order valence-corrected chi connectivity index (χ4v) is 4.29. The highest BCUT2D eigenvalue weighted by Crippen LogP contribution is 2.19. The molecule has 0 aliphatic carbocycles. The van der Waals surface area contributed by atoms with E-state index in [9.17, 15) is 17.6 Å². The van der Waals surface area contributed by atoms with Crippen LogP contribution in [0.15, 0.2) is 24.3 Å². The lowest BCUT2D eigenvalue weighted by Gasteiger charge is -2.16. The molecule has 1 amide bonds. The fraction of sp³-hybridized carbons (Fsp3) is 0.533. The summed E-state index contributed by atoms with van der Waals surface area (Å²) in [7, 11) is -2.96. The van der Waals surface area contributed by atoms with E-state index < -0.39 is 9.84 Å². The Balaban J connectivity index is 1.75. The van der Waals surface area contributed by atoms with Crippen LogP contribution in [0.3, 0.4) is 0 Å². The Kier molecular flexibility index (Phi) is 5.52. The molecule has 0 radical (unpaired) electrons. The van der Waals surface area contributed by atoms with Gasteiger partial charge in [-0.2, -0.15) is 0 Å². The molecule has 2 unspecified atom stereocenters. The van der Waals surface area contributed by atoms with E-state index in [4.69, 9.17) is 0 Å². The second-order valence-electron chi connectivity index (χ2n) is 5.70. The summed E-state index contributed by atoms with van der Waals surface area (Å²) in [5.41, 5.74) is 0.539. The Morgan fingerprint density at radius 2 is 2.05 bits per heavy atom. The second kappa shape index (κ2) is 7.19. The molecular weight excluding hydrogens is 307 g/mol. The summed E-state index contributed by atoms with van der Waals surface area (Å²) < 4.78 is 36.2. The first-order valence-corrected chi connectivity index (χ1v) is 9.09. The van der Waals surface area contributed by atoms with E-state index in [2.05, 4.69) is 10.6 Å². The molecule has 0 saturated carbocycles. The minimum atomic E-state index is -2.96. The molecule has 1 aliphatic rings. The van der Waals surface area contributed by atoms with Gasteiger partial charge in [0.1, 0.15) is 5.82 Å². The Labute approximate surface area is 130 Å². The number of nitrogens with one attached hydrogen (secondary N) is 2. The largest absolute Gasteiger partial charge is 0.326 e. The summed E-state index contributed by atoms with van der Waals surface area (Å²) in [6.07, 6.45) is 1.63. The number of amides is 1. The van der Waals surface area contributed by atoms with E-state index in [0.29, 0.717) is 25.1 Å². The number of anilines is 1. The predicted octanol–water partition coefficient (Wildman–Crippen LogP) is 1.71. The topological polar surface area (TPSA) is 75.3 Å². The Bertz CT molecular complexity index is 616. The lowest BCUT2D eigenvalue weighted by Crippen LogP contribution is -2.37. The molecule has 7 heteroatoms. The van der Waals surface area contributed by atoms with Gasteiger partial charge < -0.3 is 10.6 Å². The molecule has 2 N–H and O–H groups in total. The van der Waals surface area contributed by atoms with E-state index in [1.807, 2.05) is 6.92 Å². The van der Waals surface area contributed by atoms with Gasteiger partial charge in [0, 0.05) is 24.7 Å². The quantitative estimate of drug-likeness (QED) is 0.833. The molecule has 1 fully saturated rings. The summed E-state index contributed by atoms with van der Waals surface area (Å²) in [6.45, 7) is 2.22. The average Bonchev–Trinajstić information content (AvgIpc) is 2.78. The molecule has 1 heterocycles. The lowest BCUT2D eigenvalue weighted by atomic mass is 10.2. The molecule has 5 nitrogen and oxygen atoms in total. The Hall–Kier alpha value is -1.47. The summed E-state index contributed by atoms with van der Waals surface area (Å²) in [4.78, 5) is 11.9. The highest BCUT2D eigenvalue weighted by atomic mass is 32.2. The number of benzene rings is 1. The maximum Gasteiger partial charge on any atom is 0.225 e. The minimum absolute atomic E-state index is 0.128. The van der Waals surface area contributed by atoms with Crippen molar-refractivity contribution in [3.05, 3.63) is 30.1 Å².